The monoisotopic (exact) mass is 343 g/mol. The summed E-state index contributed by atoms with van der Waals surface area (Å²) in [4.78, 5) is 22.1. The smallest absolute Gasteiger partial charge is 0.337 e. The molecule has 7 heteroatoms. The number of hydrogen-bond acceptors (Lipinski definition) is 6. The van der Waals surface area contributed by atoms with Gasteiger partial charge >= 0.3 is 5.97 Å². The number of nitro benzene ring substituents is 1. The number of nitro groups is 1. The van der Waals surface area contributed by atoms with Crippen molar-refractivity contribution in [2.45, 2.75) is 12.7 Å². The standard InChI is InChI=1S/C18H17NO6/c1-24-17(20)15-10-25-18(21)16-12(6-9-14(15)16)5-2-11-3-7-13(8-4-11)19(22)23/h2-8,10,14,16,18,21H,9H2,1H3/t14-,16-,18?/m1/s1. The Hall–Kier alpha value is -2.93. The summed E-state index contributed by atoms with van der Waals surface area (Å²) in [6.45, 7) is 0. The molecule has 3 atom stereocenters. The zero-order valence-corrected chi connectivity index (χ0v) is 13.5. The van der Waals surface area contributed by atoms with Crippen molar-refractivity contribution >= 4 is 17.7 Å². The van der Waals surface area contributed by atoms with E-state index < -0.39 is 17.2 Å². The van der Waals surface area contributed by atoms with E-state index in [9.17, 15) is 20.0 Å². The number of carbonyl (C=O) groups excluding carboxylic acids is 1. The molecule has 0 radical (unpaired) electrons. The number of allylic oxidation sites excluding steroid dienone is 2. The van der Waals surface area contributed by atoms with Gasteiger partial charge in [-0.25, -0.2) is 4.79 Å². The van der Waals surface area contributed by atoms with Crippen LogP contribution in [0.2, 0.25) is 0 Å². The molecule has 0 saturated carbocycles. The quantitative estimate of drug-likeness (QED) is 0.512. The first-order valence-corrected chi connectivity index (χ1v) is 7.75. The number of rotatable bonds is 4. The minimum Gasteiger partial charge on any atom is -0.471 e. The average Bonchev–Trinajstić information content (AvgIpc) is 3.05. The molecular weight excluding hydrogens is 326 g/mol. The van der Waals surface area contributed by atoms with E-state index in [4.69, 9.17) is 9.47 Å². The van der Waals surface area contributed by atoms with Crippen LogP contribution < -0.4 is 0 Å². The Morgan fingerprint density at radius 1 is 1.36 bits per heavy atom. The number of benzene rings is 1. The van der Waals surface area contributed by atoms with Gasteiger partial charge in [-0.2, -0.15) is 0 Å². The molecule has 1 aliphatic carbocycles. The van der Waals surface area contributed by atoms with Crippen molar-refractivity contribution in [2.24, 2.45) is 11.8 Å². The van der Waals surface area contributed by atoms with E-state index >= 15 is 0 Å². The second-order valence-corrected chi connectivity index (χ2v) is 5.85. The van der Waals surface area contributed by atoms with Gasteiger partial charge in [-0.15, -0.1) is 0 Å². The minimum atomic E-state index is -1.03. The van der Waals surface area contributed by atoms with Crippen LogP contribution in [0.15, 0.2) is 53.8 Å². The predicted molar refractivity (Wildman–Crippen MR) is 89.0 cm³/mol. The number of hydrogen-bond donors (Lipinski definition) is 1. The van der Waals surface area contributed by atoms with Crippen LogP contribution in [0.5, 0.6) is 0 Å². The normalized spacial score (nSPS) is 25.0. The lowest BCUT2D eigenvalue weighted by molar-refractivity contribution is -0.384. The Kier molecular flexibility index (Phi) is 4.67. The van der Waals surface area contributed by atoms with Crippen LogP contribution in [0, 0.1) is 22.0 Å². The maximum absolute atomic E-state index is 11.8. The molecule has 2 aliphatic rings. The van der Waals surface area contributed by atoms with E-state index in [0.29, 0.717) is 12.0 Å². The Morgan fingerprint density at radius 2 is 2.08 bits per heavy atom. The Morgan fingerprint density at radius 3 is 2.72 bits per heavy atom. The summed E-state index contributed by atoms with van der Waals surface area (Å²) in [5.41, 5.74) is 2.09. The van der Waals surface area contributed by atoms with Crippen molar-refractivity contribution in [2.75, 3.05) is 7.11 Å². The predicted octanol–water partition coefficient (Wildman–Crippen LogP) is 2.58. The molecule has 1 heterocycles. The number of ether oxygens (including phenoxy) is 2. The van der Waals surface area contributed by atoms with E-state index in [2.05, 4.69) is 0 Å². The second-order valence-electron chi connectivity index (χ2n) is 5.85. The number of aliphatic hydroxyl groups excluding tert-OH is 1. The Balaban J connectivity index is 1.77. The highest BCUT2D eigenvalue weighted by Gasteiger charge is 2.42. The van der Waals surface area contributed by atoms with Crippen LogP contribution in [0.25, 0.3) is 6.08 Å². The molecule has 25 heavy (non-hydrogen) atoms. The van der Waals surface area contributed by atoms with Crippen LogP contribution in [0.4, 0.5) is 5.69 Å². The molecule has 0 fully saturated rings. The van der Waals surface area contributed by atoms with Gasteiger partial charge in [0.25, 0.3) is 5.69 Å². The van der Waals surface area contributed by atoms with Crippen LogP contribution in [0.3, 0.4) is 0 Å². The van der Waals surface area contributed by atoms with Crippen LogP contribution in [-0.4, -0.2) is 29.4 Å². The molecule has 7 nitrogen and oxygen atoms in total. The number of non-ortho nitro benzene ring substituents is 1. The first kappa shape index (κ1) is 16.9. The molecule has 0 aromatic heterocycles. The van der Waals surface area contributed by atoms with Crippen LogP contribution >= 0.6 is 0 Å². The van der Waals surface area contributed by atoms with E-state index in [1.165, 1.54) is 25.5 Å². The fraction of sp³-hybridized carbons (Fsp3) is 0.278. The molecule has 1 unspecified atom stereocenters. The van der Waals surface area contributed by atoms with Crippen molar-refractivity contribution in [3.05, 3.63) is 69.5 Å². The average molecular weight is 343 g/mol. The van der Waals surface area contributed by atoms with Crippen molar-refractivity contribution < 1.29 is 24.3 Å². The Labute approximate surface area is 144 Å². The Bertz CT molecular complexity index is 777. The third kappa shape index (κ3) is 3.32. The lowest BCUT2D eigenvalue weighted by atomic mass is 9.83. The summed E-state index contributed by atoms with van der Waals surface area (Å²) in [6, 6.07) is 6.16. The first-order chi connectivity index (χ1) is 12.0. The van der Waals surface area contributed by atoms with Crippen molar-refractivity contribution in [1.29, 1.82) is 0 Å². The summed E-state index contributed by atoms with van der Waals surface area (Å²) < 4.78 is 9.96. The molecule has 0 bridgehead atoms. The number of nitrogens with zero attached hydrogens (tertiary/aromatic N) is 1. The molecule has 0 amide bonds. The summed E-state index contributed by atoms with van der Waals surface area (Å²) in [7, 11) is 1.31. The highest BCUT2D eigenvalue weighted by atomic mass is 16.6. The summed E-state index contributed by atoms with van der Waals surface area (Å²) in [5.74, 6) is -1.00. The molecule has 1 aromatic rings. The third-order valence-electron chi connectivity index (χ3n) is 4.46. The topological polar surface area (TPSA) is 98.9 Å². The highest BCUT2D eigenvalue weighted by molar-refractivity contribution is 5.89. The summed E-state index contributed by atoms with van der Waals surface area (Å²) >= 11 is 0. The molecule has 3 rings (SSSR count). The summed E-state index contributed by atoms with van der Waals surface area (Å²) in [6.07, 6.45) is 6.43. The van der Waals surface area contributed by atoms with E-state index in [1.54, 1.807) is 18.2 Å². The van der Waals surface area contributed by atoms with Gasteiger partial charge in [-0.1, -0.05) is 18.2 Å². The number of methoxy groups -OCH3 is 1. The lowest BCUT2D eigenvalue weighted by Gasteiger charge is -2.31. The van der Waals surface area contributed by atoms with Gasteiger partial charge in [-0.05, 0) is 29.7 Å². The summed E-state index contributed by atoms with van der Waals surface area (Å²) in [5, 5.41) is 20.8. The number of esters is 1. The van der Waals surface area contributed by atoms with Gasteiger partial charge in [0.2, 0.25) is 6.29 Å². The van der Waals surface area contributed by atoms with E-state index in [-0.39, 0.29) is 17.5 Å². The number of fused-ring (bicyclic) bond motifs is 1. The maximum Gasteiger partial charge on any atom is 0.337 e. The fourth-order valence-corrected chi connectivity index (χ4v) is 3.17. The van der Waals surface area contributed by atoms with E-state index in [1.807, 2.05) is 12.2 Å². The minimum absolute atomic E-state index is 0.0289. The fourth-order valence-electron chi connectivity index (χ4n) is 3.17. The van der Waals surface area contributed by atoms with Crippen molar-refractivity contribution in [3.63, 3.8) is 0 Å². The van der Waals surface area contributed by atoms with Gasteiger partial charge in [0.05, 0.1) is 29.8 Å². The van der Waals surface area contributed by atoms with E-state index in [0.717, 1.165) is 11.1 Å². The molecule has 0 saturated heterocycles. The van der Waals surface area contributed by atoms with Gasteiger partial charge in [0.15, 0.2) is 0 Å². The van der Waals surface area contributed by atoms with Crippen LogP contribution in [0.1, 0.15) is 12.0 Å². The molecule has 1 N–H and O–H groups in total. The van der Waals surface area contributed by atoms with Gasteiger partial charge in [0, 0.05) is 18.1 Å². The lowest BCUT2D eigenvalue weighted by Crippen LogP contribution is -2.34. The largest absolute Gasteiger partial charge is 0.471 e. The zero-order valence-electron chi connectivity index (χ0n) is 13.5. The van der Waals surface area contributed by atoms with Crippen molar-refractivity contribution in [1.82, 2.24) is 0 Å². The second kappa shape index (κ2) is 6.90. The number of carbonyl (C=O) groups is 1. The molecule has 1 aromatic carbocycles. The van der Waals surface area contributed by atoms with Gasteiger partial charge in [0.1, 0.15) is 0 Å². The SMILES string of the molecule is COC(=O)C1=COC(O)[C@@H]2C(C=Cc3ccc([N+](=O)[O-])cc3)=CC[C@H]12. The number of aliphatic hydroxyl groups is 1. The molecule has 130 valence electrons. The maximum atomic E-state index is 11.8. The first-order valence-electron chi connectivity index (χ1n) is 7.75. The zero-order chi connectivity index (χ0) is 18.0. The highest BCUT2D eigenvalue weighted by Crippen LogP contribution is 2.43. The van der Waals surface area contributed by atoms with Gasteiger partial charge < -0.3 is 14.6 Å². The third-order valence-corrected chi connectivity index (χ3v) is 4.46. The van der Waals surface area contributed by atoms with Gasteiger partial charge in [-0.3, -0.25) is 10.1 Å². The van der Waals surface area contributed by atoms with Crippen molar-refractivity contribution in [3.8, 4) is 0 Å². The molecular formula is C18H17NO6. The molecule has 0 spiro atoms. The molecule has 1 aliphatic heterocycles. The van der Waals surface area contributed by atoms with Crippen LogP contribution in [-0.2, 0) is 14.3 Å².